The van der Waals surface area contributed by atoms with Crippen LogP contribution in [0.3, 0.4) is 0 Å². The standard InChI is InChI=1S/C22H23N3O2S/c26-28(27,21-11-5-2-6-12-21)15-13-19-17-25(20-9-3-1-4-10-20)24-22(19)18-8-7-14-23-16-18/h1-6,9-13,15,17-18,23H,7-8,14,16H2. The van der Waals surface area contributed by atoms with Crippen LogP contribution in [0.15, 0.2) is 77.2 Å². The molecule has 144 valence electrons. The van der Waals surface area contributed by atoms with Gasteiger partial charge in [0.05, 0.1) is 16.3 Å². The minimum absolute atomic E-state index is 0.276. The lowest BCUT2D eigenvalue weighted by Crippen LogP contribution is -2.29. The summed E-state index contributed by atoms with van der Waals surface area (Å²) in [5.41, 5.74) is 2.74. The number of aromatic nitrogens is 2. The molecule has 0 aliphatic carbocycles. The molecule has 1 fully saturated rings. The molecule has 0 amide bonds. The lowest BCUT2D eigenvalue weighted by atomic mass is 9.94. The molecule has 0 radical (unpaired) electrons. The van der Waals surface area contributed by atoms with E-state index in [-0.39, 0.29) is 5.92 Å². The van der Waals surface area contributed by atoms with Crippen molar-refractivity contribution in [2.24, 2.45) is 0 Å². The molecule has 0 spiro atoms. The third kappa shape index (κ3) is 4.08. The van der Waals surface area contributed by atoms with Crippen LogP contribution in [-0.4, -0.2) is 31.3 Å². The van der Waals surface area contributed by atoms with E-state index in [1.165, 1.54) is 5.41 Å². The number of para-hydroxylation sites is 1. The number of nitrogens with zero attached hydrogens (tertiary/aromatic N) is 2. The van der Waals surface area contributed by atoms with Crippen LogP contribution in [0.4, 0.5) is 0 Å². The molecule has 4 rings (SSSR count). The highest BCUT2D eigenvalue weighted by molar-refractivity contribution is 7.94. The predicted molar refractivity (Wildman–Crippen MR) is 111 cm³/mol. The van der Waals surface area contributed by atoms with Gasteiger partial charge in [-0.05, 0) is 49.7 Å². The van der Waals surface area contributed by atoms with Gasteiger partial charge < -0.3 is 5.32 Å². The molecule has 6 heteroatoms. The topological polar surface area (TPSA) is 64.0 Å². The lowest BCUT2D eigenvalue weighted by molar-refractivity contribution is 0.452. The van der Waals surface area contributed by atoms with Crippen molar-refractivity contribution in [1.29, 1.82) is 0 Å². The second-order valence-electron chi connectivity index (χ2n) is 6.95. The maximum Gasteiger partial charge on any atom is 0.199 e. The fourth-order valence-electron chi connectivity index (χ4n) is 3.50. The van der Waals surface area contributed by atoms with Crippen molar-refractivity contribution in [2.45, 2.75) is 23.7 Å². The van der Waals surface area contributed by atoms with E-state index in [4.69, 9.17) is 5.10 Å². The highest BCUT2D eigenvalue weighted by atomic mass is 32.2. The molecule has 1 unspecified atom stereocenters. The SMILES string of the molecule is O=S(=O)(C=Cc1cn(-c2ccccc2)nc1C1CCCNC1)c1ccccc1. The Balaban J connectivity index is 1.71. The molecule has 3 aromatic rings. The number of hydrogen-bond donors (Lipinski definition) is 1. The van der Waals surface area contributed by atoms with Crippen LogP contribution < -0.4 is 5.32 Å². The molecule has 0 saturated carbocycles. The quantitative estimate of drug-likeness (QED) is 0.716. The Morgan fingerprint density at radius 1 is 1.04 bits per heavy atom. The molecule has 5 nitrogen and oxygen atoms in total. The Bertz CT molecular complexity index is 1050. The lowest BCUT2D eigenvalue weighted by Gasteiger charge is -2.21. The molecule has 0 bridgehead atoms. The van der Waals surface area contributed by atoms with Crippen molar-refractivity contribution in [3.63, 3.8) is 0 Å². The largest absolute Gasteiger partial charge is 0.316 e. The molecule has 1 aliphatic heterocycles. The monoisotopic (exact) mass is 393 g/mol. The number of piperidine rings is 1. The van der Waals surface area contributed by atoms with Crippen molar-refractivity contribution >= 4 is 15.9 Å². The third-order valence-electron chi connectivity index (χ3n) is 4.98. The average molecular weight is 394 g/mol. The normalized spacial score (nSPS) is 17.8. The van der Waals surface area contributed by atoms with E-state index in [2.05, 4.69) is 5.32 Å². The van der Waals surface area contributed by atoms with Gasteiger partial charge >= 0.3 is 0 Å². The van der Waals surface area contributed by atoms with Crippen LogP contribution in [0, 0.1) is 0 Å². The van der Waals surface area contributed by atoms with E-state index < -0.39 is 9.84 Å². The fourth-order valence-corrected chi connectivity index (χ4v) is 4.52. The van der Waals surface area contributed by atoms with Crippen LogP contribution >= 0.6 is 0 Å². The zero-order chi connectivity index (χ0) is 19.4. The van der Waals surface area contributed by atoms with Crippen LogP contribution in [-0.2, 0) is 9.84 Å². The van der Waals surface area contributed by atoms with Crippen LogP contribution in [0.2, 0.25) is 0 Å². The Morgan fingerprint density at radius 2 is 1.75 bits per heavy atom. The second-order valence-corrected chi connectivity index (χ2v) is 8.79. The molecule has 28 heavy (non-hydrogen) atoms. The molecule has 2 heterocycles. The third-order valence-corrected chi connectivity index (χ3v) is 6.40. The highest BCUT2D eigenvalue weighted by Crippen LogP contribution is 2.27. The molecule has 1 aliphatic rings. The first-order chi connectivity index (χ1) is 13.6. The fraction of sp³-hybridized carbons (Fsp3) is 0.227. The zero-order valence-corrected chi connectivity index (χ0v) is 16.3. The van der Waals surface area contributed by atoms with Gasteiger partial charge in [0, 0.05) is 29.6 Å². The molecular weight excluding hydrogens is 370 g/mol. The van der Waals surface area contributed by atoms with E-state index >= 15 is 0 Å². The maximum atomic E-state index is 12.6. The first-order valence-corrected chi connectivity index (χ1v) is 11.0. The summed E-state index contributed by atoms with van der Waals surface area (Å²) in [5, 5.41) is 9.51. The summed E-state index contributed by atoms with van der Waals surface area (Å²) < 4.78 is 27.1. The molecule has 2 aromatic carbocycles. The first kappa shape index (κ1) is 18.7. The van der Waals surface area contributed by atoms with E-state index in [0.29, 0.717) is 4.90 Å². The van der Waals surface area contributed by atoms with Gasteiger partial charge in [-0.25, -0.2) is 13.1 Å². The van der Waals surface area contributed by atoms with Gasteiger partial charge in [0.2, 0.25) is 0 Å². The highest BCUT2D eigenvalue weighted by Gasteiger charge is 2.22. The summed E-state index contributed by atoms with van der Waals surface area (Å²) in [6.45, 7) is 1.88. The van der Waals surface area contributed by atoms with Crippen molar-refractivity contribution in [2.75, 3.05) is 13.1 Å². The predicted octanol–water partition coefficient (Wildman–Crippen LogP) is 3.78. The van der Waals surface area contributed by atoms with E-state index in [0.717, 1.165) is 42.9 Å². The minimum Gasteiger partial charge on any atom is -0.316 e. The smallest absolute Gasteiger partial charge is 0.199 e. The van der Waals surface area contributed by atoms with Gasteiger partial charge in [-0.2, -0.15) is 5.10 Å². The maximum absolute atomic E-state index is 12.6. The number of sulfone groups is 1. The summed E-state index contributed by atoms with van der Waals surface area (Å²) in [5.74, 6) is 0.276. The van der Waals surface area contributed by atoms with Crippen molar-refractivity contribution in [3.05, 3.63) is 83.5 Å². The van der Waals surface area contributed by atoms with Gasteiger partial charge in [0.1, 0.15) is 0 Å². The van der Waals surface area contributed by atoms with Crippen molar-refractivity contribution in [1.82, 2.24) is 15.1 Å². The molecule has 1 atom stereocenters. The molecule has 1 saturated heterocycles. The average Bonchev–Trinajstić information content (AvgIpc) is 3.19. The minimum atomic E-state index is -3.49. The molecular formula is C22H23N3O2S. The number of hydrogen-bond acceptors (Lipinski definition) is 4. The Morgan fingerprint density at radius 3 is 2.43 bits per heavy atom. The van der Waals surface area contributed by atoms with E-state index in [1.54, 1.807) is 36.4 Å². The van der Waals surface area contributed by atoms with Crippen LogP contribution in [0.5, 0.6) is 0 Å². The van der Waals surface area contributed by atoms with E-state index in [9.17, 15) is 8.42 Å². The van der Waals surface area contributed by atoms with Gasteiger partial charge in [-0.1, -0.05) is 36.4 Å². The van der Waals surface area contributed by atoms with Crippen LogP contribution in [0.1, 0.15) is 30.0 Å². The Kier molecular flexibility index (Phi) is 5.41. The van der Waals surface area contributed by atoms with E-state index in [1.807, 2.05) is 41.2 Å². The number of nitrogens with one attached hydrogen (secondary N) is 1. The van der Waals surface area contributed by atoms with Crippen molar-refractivity contribution in [3.8, 4) is 5.69 Å². The molecule has 1 aromatic heterocycles. The summed E-state index contributed by atoms with van der Waals surface area (Å²) in [7, 11) is -3.49. The van der Waals surface area contributed by atoms with Crippen molar-refractivity contribution < 1.29 is 8.42 Å². The number of rotatable bonds is 5. The van der Waals surface area contributed by atoms with Gasteiger partial charge in [-0.15, -0.1) is 0 Å². The molecule has 1 N–H and O–H groups in total. The summed E-state index contributed by atoms with van der Waals surface area (Å²) >= 11 is 0. The Hall–Kier alpha value is -2.70. The Labute approximate surface area is 165 Å². The summed E-state index contributed by atoms with van der Waals surface area (Å²) in [6.07, 6.45) is 5.73. The first-order valence-electron chi connectivity index (χ1n) is 9.47. The van der Waals surface area contributed by atoms with Crippen LogP contribution in [0.25, 0.3) is 11.8 Å². The zero-order valence-electron chi connectivity index (χ0n) is 15.5. The van der Waals surface area contributed by atoms with Gasteiger partial charge in [0.15, 0.2) is 9.84 Å². The van der Waals surface area contributed by atoms with Gasteiger partial charge in [-0.3, -0.25) is 0 Å². The summed E-state index contributed by atoms with van der Waals surface area (Å²) in [4.78, 5) is 0.294. The summed E-state index contributed by atoms with van der Waals surface area (Å²) in [6, 6.07) is 18.4. The second kappa shape index (κ2) is 8.12. The van der Waals surface area contributed by atoms with Gasteiger partial charge in [0.25, 0.3) is 0 Å². The number of benzene rings is 2.